The van der Waals surface area contributed by atoms with Gasteiger partial charge in [0.15, 0.2) is 0 Å². The van der Waals surface area contributed by atoms with Gasteiger partial charge in [0.2, 0.25) is 0 Å². The Morgan fingerprint density at radius 3 is 2.61 bits per heavy atom. The van der Waals surface area contributed by atoms with Crippen molar-refractivity contribution in [3.05, 3.63) is 46.6 Å². The Balaban J connectivity index is 2.14. The molecule has 1 heterocycles. The molecule has 0 bridgehead atoms. The predicted octanol–water partition coefficient (Wildman–Crippen LogP) is 2.98. The maximum Gasteiger partial charge on any atom is 0.129 e. The van der Waals surface area contributed by atoms with Crippen molar-refractivity contribution in [1.29, 1.82) is 5.26 Å². The molecule has 0 radical (unpaired) electrons. The topological polar surface area (TPSA) is 53.0 Å². The van der Waals surface area contributed by atoms with Gasteiger partial charge in [-0.3, -0.25) is 0 Å². The molecule has 1 aromatic carbocycles. The number of nitrogens with two attached hydrogens (primary N) is 1. The third-order valence-electron chi connectivity index (χ3n) is 2.56. The maximum atomic E-state index is 12.8. The van der Waals surface area contributed by atoms with Crippen LogP contribution in [0.25, 0.3) is 0 Å². The van der Waals surface area contributed by atoms with Crippen molar-refractivity contribution in [3.63, 3.8) is 0 Å². The molecule has 0 aliphatic heterocycles. The molecule has 2 rings (SSSR count). The fraction of sp³-hybridized carbons (Fsp3) is 0.154. The van der Waals surface area contributed by atoms with Gasteiger partial charge in [0.1, 0.15) is 16.8 Å². The van der Waals surface area contributed by atoms with Crippen molar-refractivity contribution in [3.8, 4) is 6.07 Å². The van der Waals surface area contributed by atoms with E-state index < -0.39 is 0 Å². The van der Waals surface area contributed by atoms with Crippen LogP contribution in [0.5, 0.6) is 0 Å². The molecule has 18 heavy (non-hydrogen) atoms. The molecule has 2 aromatic rings. The van der Waals surface area contributed by atoms with Gasteiger partial charge in [0.05, 0.1) is 10.7 Å². The van der Waals surface area contributed by atoms with Crippen LogP contribution in [0.1, 0.15) is 10.4 Å². The van der Waals surface area contributed by atoms with Crippen molar-refractivity contribution in [2.45, 2.75) is 6.54 Å². The molecule has 0 unspecified atom stereocenters. The first-order chi connectivity index (χ1) is 8.60. The first-order valence-corrected chi connectivity index (χ1v) is 6.17. The summed E-state index contributed by atoms with van der Waals surface area (Å²) in [5.41, 5.74) is 7.22. The van der Waals surface area contributed by atoms with Crippen molar-refractivity contribution in [1.82, 2.24) is 0 Å². The van der Waals surface area contributed by atoms with Crippen molar-refractivity contribution >= 4 is 22.0 Å². The highest BCUT2D eigenvalue weighted by atomic mass is 32.1. The summed E-state index contributed by atoms with van der Waals surface area (Å²) in [4.78, 5) is 2.51. The first-order valence-electron chi connectivity index (χ1n) is 5.35. The van der Waals surface area contributed by atoms with E-state index in [0.717, 1.165) is 10.6 Å². The zero-order valence-electron chi connectivity index (χ0n) is 9.85. The van der Waals surface area contributed by atoms with Crippen molar-refractivity contribution in [2.75, 3.05) is 17.7 Å². The molecule has 3 nitrogen and oxygen atoms in total. The smallest absolute Gasteiger partial charge is 0.129 e. The molecular formula is C13H12FN3S. The van der Waals surface area contributed by atoms with E-state index in [1.165, 1.54) is 23.5 Å². The fourth-order valence-electron chi connectivity index (χ4n) is 1.61. The van der Waals surface area contributed by atoms with Gasteiger partial charge in [-0.2, -0.15) is 5.26 Å². The number of anilines is 2. The van der Waals surface area contributed by atoms with Crippen LogP contribution in [-0.2, 0) is 6.54 Å². The minimum atomic E-state index is -0.242. The molecule has 2 N–H and O–H groups in total. The number of rotatable bonds is 3. The maximum absolute atomic E-state index is 12.8. The number of nitrogens with zero attached hydrogens (tertiary/aromatic N) is 2. The molecular weight excluding hydrogens is 249 g/mol. The number of thiophene rings is 1. The first kappa shape index (κ1) is 12.4. The monoisotopic (exact) mass is 261 g/mol. The van der Waals surface area contributed by atoms with Crippen molar-refractivity contribution < 1.29 is 4.39 Å². The van der Waals surface area contributed by atoms with Gasteiger partial charge < -0.3 is 10.6 Å². The van der Waals surface area contributed by atoms with Crippen LogP contribution in [0.4, 0.5) is 15.1 Å². The van der Waals surface area contributed by atoms with Crippen LogP contribution in [0.3, 0.4) is 0 Å². The average molecular weight is 261 g/mol. The Hall–Kier alpha value is -2.06. The van der Waals surface area contributed by atoms with Gasteiger partial charge in [0, 0.05) is 13.6 Å². The molecule has 0 fully saturated rings. The summed E-state index contributed by atoms with van der Waals surface area (Å²) in [5.74, 6) is -0.242. The average Bonchev–Trinajstić information content (AvgIpc) is 2.73. The lowest BCUT2D eigenvalue weighted by molar-refractivity contribution is 0.627. The summed E-state index contributed by atoms with van der Waals surface area (Å²) >= 11 is 1.36. The van der Waals surface area contributed by atoms with Crippen LogP contribution in [0.15, 0.2) is 30.3 Å². The number of hydrogen-bond acceptors (Lipinski definition) is 4. The van der Waals surface area contributed by atoms with Gasteiger partial charge in [0.25, 0.3) is 0 Å². The standard InChI is InChI=1S/C13H12FN3S/c1-17(8-9-2-4-10(14)5-3-9)13-6-11(16)12(7-15)18-13/h2-6H,8,16H2,1H3. The number of hydrogen-bond donors (Lipinski definition) is 1. The molecule has 0 aliphatic rings. The Morgan fingerprint density at radius 1 is 1.39 bits per heavy atom. The van der Waals surface area contributed by atoms with E-state index in [-0.39, 0.29) is 5.82 Å². The second kappa shape index (κ2) is 5.07. The molecule has 92 valence electrons. The SMILES string of the molecule is CN(Cc1ccc(F)cc1)c1cc(N)c(C#N)s1. The molecule has 0 amide bonds. The largest absolute Gasteiger partial charge is 0.397 e. The third kappa shape index (κ3) is 2.60. The molecule has 0 atom stereocenters. The predicted molar refractivity (Wildman–Crippen MR) is 72.0 cm³/mol. The van der Waals surface area contributed by atoms with Crippen LogP contribution >= 0.6 is 11.3 Å². The Kier molecular flexibility index (Phi) is 3.49. The lowest BCUT2D eigenvalue weighted by Crippen LogP contribution is -2.14. The quantitative estimate of drug-likeness (QED) is 0.924. The Labute approximate surface area is 109 Å². The van der Waals surface area contributed by atoms with E-state index in [1.54, 1.807) is 18.2 Å². The van der Waals surface area contributed by atoms with E-state index >= 15 is 0 Å². The van der Waals surface area contributed by atoms with E-state index in [2.05, 4.69) is 6.07 Å². The zero-order valence-corrected chi connectivity index (χ0v) is 10.7. The third-order valence-corrected chi connectivity index (χ3v) is 3.73. The minimum Gasteiger partial charge on any atom is -0.397 e. The van der Waals surface area contributed by atoms with Gasteiger partial charge in [-0.05, 0) is 23.8 Å². The Bertz CT molecular complexity index is 583. The summed E-state index contributed by atoms with van der Waals surface area (Å²) in [5, 5.41) is 9.78. The van der Waals surface area contributed by atoms with Crippen molar-refractivity contribution in [2.24, 2.45) is 0 Å². The van der Waals surface area contributed by atoms with Crippen LogP contribution in [-0.4, -0.2) is 7.05 Å². The number of nitriles is 1. The molecule has 1 aromatic heterocycles. The van der Waals surface area contributed by atoms with E-state index in [0.29, 0.717) is 17.1 Å². The molecule has 0 aliphatic carbocycles. The minimum absolute atomic E-state index is 0.242. The second-order valence-corrected chi connectivity index (χ2v) is 4.99. The molecule has 0 saturated carbocycles. The van der Waals surface area contributed by atoms with Crippen LogP contribution in [0.2, 0.25) is 0 Å². The summed E-state index contributed by atoms with van der Waals surface area (Å²) < 4.78 is 12.8. The van der Waals surface area contributed by atoms with Crippen LogP contribution in [0, 0.1) is 17.1 Å². The molecule has 0 saturated heterocycles. The normalized spacial score (nSPS) is 10.1. The molecule has 0 spiro atoms. The fourth-order valence-corrected chi connectivity index (χ4v) is 2.45. The summed E-state index contributed by atoms with van der Waals surface area (Å²) in [6.07, 6.45) is 0. The number of nitrogen functional groups attached to an aromatic ring is 1. The highest BCUT2D eigenvalue weighted by molar-refractivity contribution is 7.17. The lowest BCUT2D eigenvalue weighted by Gasteiger charge is -2.16. The van der Waals surface area contributed by atoms with Gasteiger partial charge in [-0.25, -0.2) is 4.39 Å². The summed E-state index contributed by atoms with van der Waals surface area (Å²) in [7, 11) is 1.91. The Morgan fingerprint density at radius 2 is 2.06 bits per heavy atom. The molecule has 5 heteroatoms. The highest BCUT2D eigenvalue weighted by Gasteiger charge is 2.09. The van der Waals surface area contributed by atoms with Gasteiger partial charge >= 0.3 is 0 Å². The van der Waals surface area contributed by atoms with E-state index in [1.807, 2.05) is 11.9 Å². The summed E-state index contributed by atoms with van der Waals surface area (Å²) in [6, 6.07) is 10.2. The van der Waals surface area contributed by atoms with Gasteiger partial charge in [-0.15, -0.1) is 11.3 Å². The summed E-state index contributed by atoms with van der Waals surface area (Å²) in [6.45, 7) is 0.644. The van der Waals surface area contributed by atoms with Crippen LogP contribution < -0.4 is 10.6 Å². The number of benzene rings is 1. The second-order valence-electron chi connectivity index (χ2n) is 3.96. The van der Waals surface area contributed by atoms with E-state index in [4.69, 9.17) is 11.0 Å². The lowest BCUT2D eigenvalue weighted by atomic mass is 10.2. The highest BCUT2D eigenvalue weighted by Crippen LogP contribution is 2.31. The van der Waals surface area contributed by atoms with E-state index in [9.17, 15) is 4.39 Å². The zero-order chi connectivity index (χ0) is 13.1. The number of halogens is 1. The van der Waals surface area contributed by atoms with Gasteiger partial charge in [-0.1, -0.05) is 12.1 Å².